The second-order valence-electron chi connectivity index (χ2n) is 5.83. The van der Waals surface area contributed by atoms with Crippen LogP contribution < -0.4 is 11.1 Å². The van der Waals surface area contributed by atoms with E-state index in [0.29, 0.717) is 6.54 Å². The molecular formula is C13H24N4O. The lowest BCUT2D eigenvalue weighted by Gasteiger charge is -2.36. The monoisotopic (exact) mass is 252 g/mol. The molecule has 1 aromatic rings. The predicted octanol–water partition coefficient (Wildman–Crippen LogP) is 0.842. The summed E-state index contributed by atoms with van der Waals surface area (Å²) in [6.07, 6.45) is 2.62. The number of amides is 1. The summed E-state index contributed by atoms with van der Waals surface area (Å²) in [4.78, 5) is 12.1. The molecule has 1 rings (SSSR count). The van der Waals surface area contributed by atoms with E-state index in [-0.39, 0.29) is 5.91 Å². The van der Waals surface area contributed by atoms with E-state index in [1.807, 2.05) is 47.0 Å². The zero-order chi connectivity index (χ0) is 14.0. The third-order valence-corrected chi connectivity index (χ3v) is 3.61. The molecule has 0 saturated heterocycles. The van der Waals surface area contributed by atoms with Crippen LogP contribution in [-0.4, -0.2) is 27.8 Å². The van der Waals surface area contributed by atoms with E-state index in [2.05, 4.69) is 10.4 Å². The van der Waals surface area contributed by atoms with E-state index in [0.717, 1.165) is 12.1 Å². The van der Waals surface area contributed by atoms with E-state index in [9.17, 15) is 4.79 Å². The molecule has 102 valence electrons. The predicted molar refractivity (Wildman–Crippen MR) is 72.0 cm³/mol. The minimum Gasteiger partial charge on any atom is -0.355 e. The van der Waals surface area contributed by atoms with Crippen molar-refractivity contribution < 1.29 is 4.79 Å². The third-order valence-electron chi connectivity index (χ3n) is 3.61. The van der Waals surface area contributed by atoms with Crippen molar-refractivity contribution in [3.05, 3.63) is 18.0 Å². The largest absolute Gasteiger partial charge is 0.355 e. The van der Waals surface area contributed by atoms with Crippen LogP contribution in [-0.2, 0) is 18.3 Å². The number of nitrogens with two attached hydrogens (primary N) is 1. The van der Waals surface area contributed by atoms with Crippen molar-refractivity contribution in [2.45, 2.75) is 39.7 Å². The van der Waals surface area contributed by atoms with Crippen LogP contribution in [0.4, 0.5) is 0 Å². The fraction of sp³-hybridized carbons (Fsp3) is 0.692. The molecule has 5 nitrogen and oxygen atoms in total. The van der Waals surface area contributed by atoms with Crippen LogP contribution >= 0.6 is 0 Å². The summed E-state index contributed by atoms with van der Waals surface area (Å²) < 4.78 is 1.75. The summed E-state index contributed by atoms with van der Waals surface area (Å²) in [5.74, 6) is -0.0223. The van der Waals surface area contributed by atoms with Crippen molar-refractivity contribution in [3.8, 4) is 0 Å². The van der Waals surface area contributed by atoms with Gasteiger partial charge >= 0.3 is 0 Å². The molecule has 1 heterocycles. The van der Waals surface area contributed by atoms with Crippen molar-refractivity contribution in [1.82, 2.24) is 15.1 Å². The normalized spacial score (nSPS) is 12.6. The second kappa shape index (κ2) is 5.10. The number of nitrogens with one attached hydrogen (secondary N) is 1. The first-order valence-electron chi connectivity index (χ1n) is 6.20. The molecule has 3 N–H and O–H groups in total. The van der Waals surface area contributed by atoms with E-state index >= 15 is 0 Å². The van der Waals surface area contributed by atoms with Crippen LogP contribution in [0.1, 0.15) is 33.4 Å². The lowest BCUT2D eigenvalue weighted by atomic mass is 9.74. The Balaban J connectivity index is 2.47. The maximum absolute atomic E-state index is 12.1. The lowest BCUT2D eigenvalue weighted by Crippen LogP contribution is -2.55. The smallest absolute Gasteiger partial charge is 0.227 e. The van der Waals surface area contributed by atoms with Crippen molar-refractivity contribution >= 4 is 5.91 Å². The lowest BCUT2D eigenvalue weighted by molar-refractivity contribution is -0.132. The molecule has 0 atom stereocenters. The highest BCUT2D eigenvalue weighted by atomic mass is 16.2. The van der Waals surface area contributed by atoms with Gasteiger partial charge in [-0.3, -0.25) is 9.48 Å². The van der Waals surface area contributed by atoms with Crippen LogP contribution in [0.5, 0.6) is 0 Å². The number of nitrogens with zero attached hydrogens (tertiary/aromatic N) is 2. The molecule has 0 spiro atoms. The van der Waals surface area contributed by atoms with Crippen LogP contribution in [0, 0.1) is 5.41 Å². The van der Waals surface area contributed by atoms with Gasteiger partial charge in [0.15, 0.2) is 0 Å². The Kier molecular flexibility index (Phi) is 4.16. The molecule has 0 radical (unpaired) electrons. The first-order valence-corrected chi connectivity index (χ1v) is 6.20. The molecule has 0 aliphatic heterocycles. The Morgan fingerprint density at radius 2 is 2.06 bits per heavy atom. The molecule has 0 saturated carbocycles. The second-order valence-corrected chi connectivity index (χ2v) is 5.83. The number of carbonyl (C=O) groups excluding carboxylic acids is 1. The van der Waals surface area contributed by atoms with Crippen molar-refractivity contribution in [3.63, 3.8) is 0 Å². The SMILES string of the molecule is Cn1ccc(CCNC(=O)C(C)(C)C(C)(C)N)n1. The Bertz CT molecular complexity index is 415. The molecule has 0 aliphatic carbocycles. The number of carbonyl (C=O) groups is 1. The molecule has 0 unspecified atom stereocenters. The first kappa shape index (κ1) is 14.7. The van der Waals surface area contributed by atoms with Crippen molar-refractivity contribution in [2.24, 2.45) is 18.2 Å². The first-order chi connectivity index (χ1) is 8.14. The van der Waals surface area contributed by atoms with Gasteiger partial charge in [-0.15, -0.1) is 0 Å². The van der Waals surface area contributed by atoms with Crippen molar-refractivity contribution in [1.29, 1.82) is 0 Å². The van der Waals surface area contributed by atoms with E-state index in [1.54, 1.807) is 4.68 Å². The highest BCUT2D eigenvalue weighted by Gasteiger charge is 2.40. The van der Waals surface area contributed by atoms with Gasteiger partial charge in [0.1, 0.15) is 0 Å². The Morgan fingerprint density at radius 3 is 2.50 bits per heavy atom. The fourth-order valence-electron chi connectivity index (χ4n) is 1.41. The number of hydrogen-bond donors (Lipinski definition) is 2. The minimum absolute atomic E-state index is 0.0223. The van der Waals surface area contributed by atoms with Crippen molar-refractivity contribution in [2.75, 3.05) is 6.54 Å². The molecule has 0 bridgehead atoms. The van der Waals surface area contributed by atoms with Gasteiger partial charge in [-0.2, -0.15) is 5.10 Å². The molecule has 5 heteroatoms. The molecule has 0 aliphatic rings. The minimum atomic E-state index is -0.600. The van der Waals surface area contributed by atoms with Crippen LogP contribution in [0.2, 0.25) is 0 Å². The molecule has 18 heavy (non-hydrogen) atoms. The number of rotatable bonds is 5. The molecular weight excluding hydrogens is 228 g/mol. The highest BCUT2D eigenvalue weighted by molar-refractivity contribution is 5.83. The maximum Gasteiger partial charge on any atom is 0.227 e. The summed E-state index contributed by atoms with van der Waals surface area (Å²) in [7, 11) is 1.88. The zero-order valence-corrected chi connectivity index (χ0v) is 11.9. The zero-order valence-electron chi connectivity index (χ0n) is 11.9. The topological polar surface area (TPSA) is 72.9 Å². The molecule has 0 aromatic carbocycles. The summed E-state index contributed by atoms with van der Waals surface area (Å²) in [6.45, 7) is 8.04. The summed E-state index contributed by atoms with van der Waals surface area (Å²) >= 11 is 0. The standard InChI is InChI=1S/C13H24N4O/c1-12(2,13(3,4)14)11(18)15-8-6-10-7-9-17(5)16-10/h7,9H,6,8,14H2,1-5H3,(H,15,18). The van der Waals surface area contributed by atoms with Gasteiger partial charge in [-0.25, -0.2) is 0 Å². The number of aromatic nitrogens is 2. The van der Waals surface area contributed by atoms with Crippen LogP contribution in [0.25, 0.3) is 0 Å². The molecule has 0 fully saturated rings. The van der Waals surface area contributed by atoms with E-state index in [1.165, 1.54) is 0 Å². The third kappa shape index (κ3) is 3.32. The van der Waals surface area contributed by atoms with Crippen LogP contribution in [0.3, 0.4) is 0 Å². The summed E-state index contributed by atoms with van der Waals surface area (Å²) in [5, 5.41) is 7.18. The maximum atomic E-state index is 12.1. The average Bonchev–Trinajstić information content (AvgIpc) is 2.62. The molecule has 1 amide bonds. The van der Waals surface area contributed by atoms with Gasteiger partial charge in [0.2, 0.25) is 5.91 Å². The van der Waals surface area contributed by atoms with Gasteiger partial charge < -0.3 is 11.1 Å². The summed E-state index contributed by atoms with van der Waals surface area (Å²) in [5.41, 5.74) is 5.84. The van der Waals surface area contributed by atoms with Gasteiger partial charge in [0.25, 0.3) is 0 Å². The Labute approximate surface area is 109 Å². The number of aryl methyl sites for hydroxylation is 1. The number of hydrogen-bond acceptors (Lipinski definition) is 3. The Hall–Kier alpha value is -1.36. The van der Waals surface area contributed by atoms with Gasteiger partial charge in [-0.1, -0.05) is 0 Å². The van der Waals surface area contributed by atoms with Crippen LogP contribution in [0.15, 0.2) is 12.3 Å². The quantitative estimate of drug-likeness (QED) is 0.815. The molecule has 1 aromatic heterocycles. The summed E-state index contributed by atoms with van der Waals surface area (Å²) in [6, 6.07) is 1.95. The highest BCUT2D eigenvalue weighted by Crippen LogP contribution is 2.28. The van der Waals surface area contributed by atoms with E-state index in [4.69, 9.17) is 5.73 Å². The average molecular weight is 252 g/mol. The fourth-order valence-corrected chi connectivity index (χ4v) is 1.41. The van der Waals surface area contributed by atoms with Gasteiger partial charge in [0, 0.05) is 31.7 Å². The van der Waals surface area contributed by atoms with Gasteiger partial charge in [-0.05, 0) is 33.8 Å². The Morgan fingerprint density at radius 1 is 1.44 bits per heavy atom. The van der Waals surface area contributed by atoms with Gasteiger partial charge in [0.05, 0.1) is 11.1 Å². The van der Waals surface area contributed by atoms with E-state index < -0.39 is 11.0 Å².